The van der Waals surface area contributed by atoms with E-state index in [-0.39, 0.29) is 11.4 Å². The molecule has 24 heavy (non-hydrogen) atoms. The van der Waals surface area contributed by atoms with Gasteiger partial charge in [0.25, 0.3) is 0 Å². The van der Waals surface area contributed by atoms with Crippen molar-refractivity contribution < 1.29 is 17.9 Å². The molecule has 128 valence electrons. The van der Waals surface area contributed by atoms with Gasteiger partial charge in [-0.1, -0.05) is 24.3 Å². The van der Waals surface area contributed by atoms with Gasteiger partial charge in [-0.15, -0.1) is 0 Å². The number of oxazole rings is 1. The third-order valence-corrected chi connectivity index (χ3v) is 5.47. The first-order chi connectivity index (χ1) is 11.4. The Balaban J connectivity index is 1.72. The summed E-state index contributed by atoms with van der Waals surface area (Å²) in [6, 6.07) is 6.40. The topological polar surface area (TPSA) is 92.4 Å². The summed E-state index contributed by atoms with van der Waals surface area (Å²) in [5.74, 6) is 0.553. The fourth-order valence-electron chi connectivity index (χ4n) is 2.66. The first-order valence-corrected chi connectivity index (χ1v) is 9.29. The number of sulfonamides is 1. The Bertz CT molecular complexity index is 840. The average molecular weight is 348 g/mol. The Labute approximate surface area is 141 Å². The van der Waals surface area contributed by atoms with Crippen LogP contribution in [-0.4, -0.2) is 30.7 Å². The van der Waals surface area contributed by atoms with Crippen LogP contribution in [0.25, 0.3) is 11.3 Å². The lowest BCUT2D eigenvalue weighted by molar-refractivity contribution is 0.0797. The highest BCUT2D eigenvalue weighted by Crippen LogP contribution is 2.23. The highest BCUT2D eigenvalue weighted by Gasteiger charge is 2.27. The number of nitrogens with zero attached hydrogens (tertiary/aromatic N) is 1. The number of aliphatic hydroxyl groups is 1. The molecule has 1 heterocycles. The number of aromatic nitrogens is 1. The quantitative estimate of drug-likeness (QED) is 0.810. The monoisotopic (exact) mass is 348 g/mol. The predicted molar refractivity (Wildman–Crippen MR) is 89.8 cm³/mol. The minimum Gasteiger partial charge on any atom is -0.449 e. The maximum atomic E-state index is 12.4. The summed E-state index contributed by atoms with van der Waals surface area (Å²) in [4.78, 5) is 4.35. The van der Waals surface area contributed by atoms with Crippen molar-refractivity contribution in [3.8, 4) is 11.3 Å². The van der Waals surface area contributed by atoms with E-state index in [4.69, 9.17) is 4.42 Å². The fraction of sp³-hybridized carbons (Fsp3) is 0.353. The Morgan fingerprint density at radius 3 is 2.67 bits per heavy atom. The number of aryl methyl sites for hydroxylation is 1. The molecule has 1 atom stereocenters. The van der Waals surface area contributed by atoms with Gasteiger partial charge in [0, 0.05) is 19.0 Å². The van der Waals surface area contributed by atoms with Crippen LogP contribution in [-0.2, 0) is 10.0 Å². The molecular formula is C17H20N2O4S. The predicted octanol–water partition coefficient (Wildman–Crippen LogP) is 2.40. The van der Waals surface area contributed by atoms with Crippen LogP contribution in [0.5, 0.6) is 0 Å². The third-order valence-electron chi connectivity index (χ3n) is 4.06. The van der Waals surface area contributed by atoms with Crippen molar-refractivity contribution >= 4 is 10.0 Å². The number of benzene rings is 1. The van der Waals surface area contributed by atoms with E-state index in [1.807, 2.05) is 6.08 Å². The molecule has 2 aromatic rings. The molecule has 1 aliphatic carbocycles. The van der Waals surface area contributed by atoms with Crippen LogP contribution in [0.2, 0.25) is 0 Å². The summed E-state index contributed by atoms with van der Waals surface area (Å²) in [7, 11) is -3.68. The maximum Gasteiger partial charge on any atom is 0.240 e. The number of allylic oxidation sites excluding steroid dienone is 1. The number of rotatable bonds is 5. The summed E-state index contributed by atoms with van der Waals surface area (Å²) < 4.78 is 32.4. The molecule has 1 aromatic carbocycles. The molecule has 1 unspecified atom stereocenters. The van der Waals surface area contributed by atoms with Crippen LogP contribution in [0.1, 0.15) is 25.2 Å². The standard InChI is InChI=1S/C17H20N2O4S/c1-13-19-16(11-23-13)14-5-7-15(8-6-14)24(21,22)18-12-17(20)9-3-2-4-10-17/h3,5-9,11,18,20H,2,4,10,12H2,1H3. The van der Waals surface area contributed by atoms with Gasteiger partial charge in [-0.25, -0.2) is 18.1 Å². The van der Waals surface area contributed by atoms with Crippen molar-refractivity contribution in [2.75, 3.05) is 6.54 Å². The van der Waals surface area contributed by atoms with E-state index in [0.717, 1.165) is 18.4 Å². The molecule has 0 radical (unpaired) electrons. The van der Waals surface area contributed by atoms with Crippen molar-refractivity contribution in [1.29, 1.82) is 0 Å². The zero-order valence-corrected chi connectivity index (χ0v) is 14.2. The van der Waals surface area contributed by atoms with Crippen molar-refractivity contribution in [1.82, 2.24) is 9.71 Å². The molecule has 0 saturated carbocycles. The Hall–Kier alpha value is -1.96. The molecule has 1 aliphatic rings. The SMILES string of the molecule is Cc1nc(-c2ccc(S(=O)(=O)NCC3(O)C=CCCC3)cc2)co1. The average Bonchev–Trinajstić information content (AvgIpc) is 3.01. The molecule has 3 rings (SSSR count). The fourth-order valence-corrected chi connectivity index (χ4v) is 3.76. The molecule has 2 N–H and O–H groups in total. The second-order valence-electron chi connectivity index (χ2n) is 6.00. The number of nitrogens with one attached hydrogen (secondary N) is 1. The molecular weight excluding hydrogens is 328 g/mol. The lowest BCUT2D eigenvalue weighted by Crippen LogP contribution is -2.42. The van der Waals surface area contributed by atoms with E-state index in [1.54, 1.807) is 25.1 Å². The molecule has 1 aromatic heterocycles. The second kappa shape index (κ2) is 6.51. The summed E-state index contributed by atoms with van der Waals surface area (Å²) >= 11 is 0. The van der Waals surface area contributed by atoms with Gasteiger partial charge in [-0.2, -0.15) is 0 Å². The summed E-state index contributed by atoms with van der Waals surface area (Å²) in [6.45, 7) is 1.72. The molecule has 7 heteroatoms. The van der Waals surface area contributed by atoms with Crippen LogP contribution in [0.15, 0.2) is 52.0 Å². The third kappa shape index (κ3) is 3.75. The smallest absolute Gasteiger partial charge is 0.240 e. The molecule has 0 saturated heterocycles. The van der Waals surface area contributed by atoms with Crippen LogP contribution in [0.3, 0.4) is 0 Å². The van der Waals surface area contributed by atoms with Crippen LogP contribution >= 0.6 is 0 Å². The van der Waals surface area contributed by atoms with Gasteiger partial charge in [-0.3, -0.25) is 0 Å². The zero-order chi connectivity index (χ0) is 17.2. The van der Waals surface area contributed by atoms with Crippen LogP contribution < -0.4 is 4.72 Å². The van der Waals surface area contributed by atoms with Crippen molar-refractivity contribution in [3.05, 3.63) is 48.6 Å². The van der Waals surface area contributed by atoms with E-state index >= 15 is 0 Å². The van der Waals surface area contributed by atoms with E-state index in [9.17, 15) is 13.5 Å². The summed E-state index contributed by atoms with van der Waals surface area (Å²) in [6.07, 6.45) is 7.40. The van der Waals surface area contributed by atoms with Crippen LogP contribution in [0.4, 0.5) is 0 Å². The van der Waals surface area contributed by atoms with Crippen molar-refractivity contribution in [2.45, 2.75) is 36.7 Å². The minimum absolute atomic E-state index is 0.0317. The Kier molecular flexibility index (Phi) is 4.58. The van der Waals surface area contributed by atoms with Gasteiger partial charge < -0.3 is 9.52 Å². The first-order valence-electron chi connectivity index (χ1n) is 7.80. The molecule has 0 spiro atoms. The number of hydrogen-bond acceptors (Lipinski definition) is 5. The van der Waals surface area contributed by atoms with Crippen molar-refractivity contribution in [2.24, 2.45) is 0 Å². The first kappa shape index (κ1) is 16.9. The number of hydrogen-bond donors (Lipinski definition) is 2. The molecule has 6 nitrogen and oxygen atoms in total. The normalized spacial score (nSPS) is 21.1. The minimum atomic E-state index is -3.68. The van der Waals surface area contributed by atoms with E-state index in [1.165, 1.54) is 18.4 Å². The largest absolute Gasteiger partial charge is 0.449 e. The van der Waals surface area contributed by atoms with E-state index in [2.05, 4.69) is 9.71 Å². The van der Waals surface area contributed by atoms with Crippen LogP contribution in [0, 0.1) is 6.92 Å². The summed E-state index contributed by atoms with van der Waals surface area (Å²) in [5.41, 5.74) is 0.328. The molecule has 0 amide bonds. The van der Waals surface area contributed by atoms with Gasteiger partial charge in [-0.05, 0) is 31.4 Å². The van der Waals surface area contributed by atoms with E-state index in [0.29, 0.717) is 18.0 Å². The molecule has 0 fully saturated rings. The molecule has 0 bridgehead atoms. The highest BCUT2D eigenvalue weighted by molar-refractivity contribution is 7.89. The van der Waals surface area contributed by atoms with Gasteiger partial charge in [0.15, 0.2) is 5.89 Å². The van der Waals surface area contributed by atoms with Crippen molar-refractivity contribution in [3.63, 3.8) is 0 Å². The Morgan fingerprint density at radius 2 is 2.08 bits per heavy atom. The second-order valence-corrected chi connectivity index (χ2v) is 7.77. The van der Waals surface area contributed by atoms with E-state index < -0.39 is 15.6 Å². The lowest BCUT2D eigenvalue weighted by Gasteiger charge is -2.27. The van der Waals surface area contributed by atoms with Gasteiger partial charge in [0.2, 0.25) is 10.0 Å². The van der Waals surface area contributed by atoms with Gasteiger partial charge in [0.05, 0.1) is 10.5 Å². The van der Waals surface area contributed by atoms with Gasteiger partial charge in [0.1, 0.15) is 12.0 Å². The molecule has 0 aliphatic heterocycles. The highest BCUT2D eigenvalue weighted by atomic mass is 32.2. The lowest BCUT2D eigenvalue weighted by atomic mass is 9.91. The summed E-state index contributed by atoms with van der Waals surface area (Å²) in [5, 5.41) is 10.3. The Morgan fingerprint density at radius 1 is 1.33 bits per heavy atom. The van der Waals surface area contributed by atoms with Gasteiger partial charge >= 0.3 is 0 Å². The zero-order valence-electron chi connectivity index (χ0n) is 13.4. The maximum absolute atomic E-state index is 12.4.